The van der Waals surface area contributed by atoms with Crippen molar-refractivity contribution in [1.29, 1.82) is 0 Å². The van der Waals surface area contributed by atoms with Crippen LogP contribution in [0.4, 0.5) is 15.8 Å². The fourth-order valence-corrected chi connectivity index (χ4v) is 1.66. The first-order chi connectivity index (χ1) is 8.65. The molecule has 0 unspecified atom stereocenters. The second-order valence-corrected chi connectivity index (χ2v) is 4.02. The minimum Gasteiger partial charge on any atom is -0.508 e. The minimum atomic E-state index is -0.377. The van der Waals surface area contributed by atoms with Gasteiger partial charge in [0.25, 0.3) is 0 Å². The third kappa shape index (κ3) is 3.18. The second kappa shape index (κ2) is 5.46. The van der Waals surface area contributed by atoms with Gasteiger partial charge in [0.1, 0.15) is 11.6 Å². The van der Waals surface area contributed by atoms with Gasteiger partial charge in [0, 0.05) is 11.8 Å². The summed E-state index contributed by atoms with van der Waals surface area (Å²) < 4.78 is 13.4. The van der Waals surface area contributed by atoms with Crippen molar-refractivity contribution in [3.8, 4) is 5.75 Å². The zero-order valence-electron chi connectivity index (χ0n) is 9.35. The topological polar surface area (TPSA) is 44.3 Å². The standard InChI is InChI=1S/C13H11FN2OS/c14-11-6-1-2-7-12(11)16-13(18)15-9-4-3-5-10(17)8-9/h1-8,17H,(H2,15,16,18). The Morgan fingerprint density at radius 1 is 1.06 bits per heavy atom. The smallest absolute Gasteiger partial charge is 0.175 e. The molecule has 0 aliphatic carbocycles. The summed E-state index contributed by atoms with van der Waals surface area (Å²) in [7, 11) is 0. The van der Waals surface area contributed by atoms with Gasteiger partial charge in [-0.05, 0) is 36.5 Å². The van der Waals surface area contributed by atoms with E-state index >= 15 is 0 Å². The Labute approximate surface area is 109 Å². The summed E-state index contributed by atoms with van der Waals surface area (Å²) in [5.74, 6) is -0.244. The van der Waals surface area contributed by atoms with Gasteiger partial charge in [-0.1, -0.05) is 18.2 Å². The third-order valence-electron chi connectivity index (χ3n) is 2.23. The number of phenolic OH excluding ortho intramolecular Hbond substituents is 1. The largest absolute Gasteiger partial charge is 0.508 e. The molecular formula is C13H11FN2OS. The Balaban J connectivity index is 2.03. The zero-order valence-corrected chi connectivity index (χ0v) is 10.2. The molecule has 0 saturated heterocycles. The molecule has 18 heavy (non-hydrogen) atoms. The predicted molar refractivity (Wildman–Crippen MR) is 74.4 cm³/mol. The van der Waals surface area contributed by atoms with Crippen LogP contribution in [0, 0.1) is 5.82 Å². The van der Waals surface area contributed by atoms with Crippen LogP contribution >= 0.6 is 12.2 Å². The maximum absolute atomic E-state index is 13.4. The molecule has 0 saturated carbocycles. The van der Waals surface area contributed by atoms with E-state index in [1.807, 2.05) is 0 Å². The number of benzene rings is 2. The Hall–Kier alpha value is -2.14. The van der Waals surface area contributed by atoms with Gasteiger partial charge in [-0.3, -0.25) is 0 Å². The predicted octanol–water partition coefficient (Wildman–Crippen LogP) is 3.34. The molecule has 92 valence electrons. The fraction of sp³-hybridized carbons (Fsp3) is 0. The molecule has 3 nitrogen and oxygen atoms in total. The lowest BCUT2D eigenvalue weighted by Crippen LogP contribution is -2.19. The van der Waals surface area contributed by atoms with Crippen LogP contribution in [0.1, 0.15) is 0 Å². The normalized spacial score (nSPS) is 9.83. The fourth-order valence-electron chi connectivity index (χ4n) is 1.43. The van der Waals surface area contributed by atoms with Crippen LogP contribution in [0.15, 0.2) is 48.5 Å². The molecule has 3 N–H and O–H groups in total. The van der Waals surface area contributed by atoms with Gasteiger partial charge >= 0.3 is 0 Å². The maximum atomic E-state index is 13.4. The van der Waals surface area contributed by atoms with Crippen molar-refractivity contribution in [1.82, 2.24) is 0 Å². The molecule has 0 spiro atoms. The molecule has 0 aromatic heterocycles. The van der Waals surface area contributed by atoms with Crippen molar-refractivity contribution in [2.45, 2.75) is 0 Å². The zero-order chi connectivity index (χ0) is 13.0. The average molecular weight is 262 g/mol. The maximum Gasteiger partial charge on any atom is 0.175 e. The number of anilines is 2. The van der Waals surface area contributed by atoms with E-state index in [9.17, 15) is 9.50 Å². The van der Waals surface area contributed by atoms with E-state index in [0.29, 0.717) is 11.4 Å². The second-order valence-electron chi connectivity index (χ2n) is 3.61. The summed E-state index contributed by atoms with van der Waals surface area (Å²) in [6, 6.07) is 12.8. The number of para-hydroxylation sites is 1. The van der Waals surface area contributed by atoms with Gasteiger partial charge < -0.3 is 15.7 Å². The monoisotopic (exact) mass is 262 g/mol. The number of nitrogens with one attached hydrogen (secondary N) is 2. The first-order valence-electron chi connectivity index (χ1n) is 5.27. The van der Waals surface area contributed by atoms with Crippen molar-refractivity contribution in [3.63, 3.8) is 0 Å². The van der Waals surface area contributed by atoms with E-state index in [1.165, 1.54) is 12.1 Å². The van der Waals surface area contributed by atoms with Crippen molar-refractivity contribution in [2.75, 3.05) is 10.6 Å². The van der Waals surface area contributed by atoms with Gasteiger partial charge in [0.2, 0.25) is 0 Å². The lowest BCUT2D eigenvalue weighted by Gasteiger charge is -2.11. The molecule has 0 aliphatic rings. The van der Waals surface area contributed by atoms with Crippen LogP contribution in [0.3, 0.4) is 0 Å². The number of aromatic hydroxyl groups is 1. The number of hydrogen-bond acceptors (Lipinski definition) is 2. The highest BCUT2D eigenvalue weighted by molar-refractivity contribution is 7.80. The Morgan fingerprint density at radius 2 is 1.83 bits per heavy atom. The first-order valence-corrected chi connectivity index (χ1v) is 5.67. The number of hydrogen-bond donors (Lipinski definition) is 3. The Kier molecular flexibility index (Phi) is 3.74. The first kappa shape index (κ1) is 12.3. The summed E-state index contributed by atoms with van der Waals surface area (Å²) in [5, 5.41) is 15.1. The van der Waals surface area contributed by atoms with Gasteiger partial charge in [0.15, 0.2) is 5.11 Å². The number of thiocarbonyl (C=S) groups is 1. The van der Waals surface area contributed by atoms with E-state index < -0.39 is 0 Å². The number of halogens is 1. The summed E-state index contributed by atoms with van der Waals surface area (Å²) >= 11 is 5.05. The summed E-state index contributed by atoms with van der Waals surface area (Å²) in [5.41, 5.74) is 0.930. The average Bonchev–Trinajstić information content (AvgIpc) is 2.32. The molecule has 0 aliphatic heterocycles. The number of phenols is 1. The summed E-state index contributed by atoms with van der Waals surface area (Å²) in [4.78, 5) is 0. The molecule has 2 aromatic rings. The van der Waals surface area contributed by atoms with Crippen molar-refractivity contribution in [3.05, 3.63) is 54.3 Å². The minimum absolute atomic E-state index is 0.133. The number of rotatable bonds is 2. The molecular weight excluding hydrogens is 251 g/mol. The highest BCUT2D eigenvalue weighted by atomic mass is 32.1. The van der Waals surface area contributed by atoms with E-state index in [-0.39, 0.29) is 16.7 Å². The summed E-state index contributed by atoms with van der Waals surface area (Å²) in [6.07, 6.45) is 0. The van der Waals surface area contributed by atoms with Crippen molar-refractivity contribution < 1.29 is 9.50 Å². The van der Waals surface area contributed by atoms with E-state index in [2.05, 4.69) is 10.6 Å². The molecule has 2 aromatic carbocycles. The molecule has 5 heteroatoms. The molecule has 0 heterocycles. The lowest BCUT2D eigenvalue weighted by molar-refractivity contribution is 0.475. The lowest BCUT2D eigenvalue weighted by atomic mass is 10.3. The molecule has 0 atom stereocenters. The molecule has 2 rings (SSSR count). The van der Waals surface area contributed by atoms with Gasteiger partial charge in [0.05, 0.1) is 5.69 Å². The molecule has 0 bridgehead atoms. The van der Waals surface area contributed by atoms with Crippen LogP contribution < -0.4 is 10.6 Å². The molecule has 0 amide bonds. The van der Waals surface area contributed by atoms with E-state index in [1.54, 1.807) is 36.4 Å². The van der Waals surface area contributed by atoms with E-state index in [0.717, 1.165) is 0 Å². The molecule has 0 fully saturated rings. The molecule has 0 radical (unpaired) electrons. The van der Waals surface area contributed by atoms with Crippen molar-refractivity contribution >= 4 is 28.7 Å². The van der Waals surface area contributed by atoms with Gasteiger partial charge in [-0.25, -0.2) is 4.39 Å². The highest BCUT2D eigenvalue weighted by Gasteiger charge is 2.03. The Bertz CT molecular complexity index is 574. The van der Waals surface area contributed by atoms with Gasteiger partial charge in [-0.15, -0.1) is 0 Å². The van der Waals surface area contributed by atoms with Crippen LogP contribution in [0.2, 0.25) is 0 Å². The Morgan fingerprint density at radius 3 is 2.56 bits per heavy atom. The SMILES string of the molecule is Oc1cccc(NC(=S)Nc2ccccc2F)c1. The van der Waals surface area contributed by atoms with Crippen LogP contribution in [-0.4, -0.2) is 10.2 Å². The van der Waals surface area contributed by atoms with E-state index in [4.69, 9.17) is 12.2 Å². The van der Waals surface area contributed by atoms with Crippen LogP contribution in [0.25, 0.3) is 0 Å². The third-order valence-corrected chi connectivity index (χ3v) is 2.43. The van der Waals surface area contributed by atoms with Crippen LogP contribution in [-0.2, 0) is 0 Å². The highest BCUT2D eigenvalue weighted by Crippen LogP contribution is 2.17. The van der Waals surface area contributed by atoms with Crippen molar-refractivity contribution in [2.24, 2.45) is 0 Å². The van der Waals surface area contributed by atoms with Gasteiger partial charge in [-0.2, -0.15) is 0 Å². The van der Waals surface area contributed by atoms with Crippen LogP contribution in [0.5, 0.6) is 5.75 Å². The quantitative estimate of drug-likeness (QED) is 0.726. The summed E-state index contributed by atoms with van der Waals surface area (Å²) in [6.45, 7) is 0.